The van der Waals surface area contributed by atoms with Gasteiger partial charge in [0, 0.05) is 28.1 Å². The largest absolute Gasteiger partial charge is 0.507 e. The zero-order valence-corrected chi connectivity index (χ0v) is 16.9. The molecule has 0 saturated carbocycles. The normalized spacial score (nSPS) is 19.5. The summed E-state index contributed by atoms with van der Waals surface area (Å²) in [6.45, 7) is 0. The van der Waals surface area contributed by atoms with Gasteiger partial charge in [0.15, 0.2) is 11.5 Å². The number of para-hydroxylation sites is 1. The SMILES string of the molecule is COc1ccc([C@@H]2Oc3ccc(Cl)cc3[C@H]3CC(c4ccccc4O)=NN32)cc1O. The van der Waals surface area contributed by atoms with Crippen LogP contribution >= 0.6 is 11.6 Å². The van der Waals surface area contributed by atoms with Gasteiger partial charge in [-0.1, -0.05) is 23.7 Å². The van der Waals surface area contributed by atoms with Gasteiger partial charge in [0.1, 0.15) is 11.5 Å². The Morgan fingerprint density at radius 1 is 1.07 bits per heavy atom. The van der Waals surface area contributed by atoms with E-state index in [1.165, 1.54) is 7.11 Å². The van der Waals surface area contributed by atoms with Gasteiger partial charge in [-0.2, -0.15) is 5.10 Å². The Morgan fingerprint density at radius 3 is 2.67 bits per heavy atom. The van der Waals surface area contributed by atoms with Crippen molar-refractivity contribution in [2.24, 2.45) is 5.10 Å². The number of hydrogen-bond donors (Lipinski definition) is 2. The Balaban J connectivity index is 1.62. The van der Waals surface area contributed by atoms with E-state index in [4.69, 9.17) is 26.2 Å². The molecule has 7 heteroatoms. The molecule has 0 aromatic heterocycles. The van der Waals surface area contributed by atoms with Crippen LogP contribution in [0, 0.1) is 0 Å². The van der Waals surface area contributed by atoms with Crippen molar-refractivity contribution >= 4 is 17.3 Å². The van der Waals surface area contributed by atoms with Crippen LogP contribution in [0.15, 0.2) is 65.8 Å². The summed E-state index contributed by atoms with van der Waals surface area (Å²) in [6, 6.07) is 17.7. The van der Waals surface area contributed by atoms with E-state index >= 15 is 0 Å². The Bertz CT molecular complexity index is 1160. The number of hydrazone groups is 1. The molecule has 0 amide bonds. The van der Waals surface area contributed by atoms with Crippen LogP contribution in [0.4, 0.5) is 0 Å². The molecule has 6 nitrogen and oxygen atoms in total. The summed E-state index contributed by atoms with van der Waals surface area (Å²) in [5.74, 6) is 1.32. The molecular weight excluding hydrogens is 404 g/mol. The number of aromatic hydroxyl groups is 2. The minimum atomic E-state index is -0.552. The molecule has 0 saturated heterocycles. The molecule has 2 aliphatic rings. The van der Waals surface area contributed by atoms with E-state index in [9.17, 15) is 10.2 Å². The highest BCUT2D eigenvalue weighted by Gasteiger charge is 2.41. The van der Waals surface area contributed by atoms with Crippen molar-refractivity contribution in [3.63, 3.8) is 0 Å². The molecule has 0 bridgehead atoms. The summed E-state index contributed by atoms with van der Waals surface area (Å²) in [4.78, 5) is 0. The van der Waals surface area contributed by atoms with Gasteiger partial charge in [0.2, 0.25) is 6.23 Å². The Kier molecular flexibility index (Phi) is 4.44. The van der Waals surface area contributed by atoms with Gasteiger partial charge in [-0.3, -0.25) is 0 Å². The molecule has 0 fully saturated rings. The quantitative estimate of drug-likeness (QED) is 0.621. The van der Waals surface area contributed by atoms with Gasteiger partial charge in [-0.15, -0.1) is 0 Å². The van der Waals surface area contributed by atoms with E-state index in [2.05, 4.69) is 0 Å². The molecule has 2 heterocycles. The lowest BCUT2D eigenvalue weighted by Gasteiger charge is -2.38. The number of phenols is 2. The summed E-state index contributed by atoms with van der Waals surface area (Å²) >= 11 is 6.25. The Morgan fingerprint density at radius 2 is 1.90 bits per heavy atom. The Labute approximate surface area is 178 Å². The number of benzene rings is 3. The van der Waals surface area contributed by atoms with Crippen molar-refractivity contribution in [1.82, 2.24) is 5.01 Å². The third kappa shape index (κ3) is 3.00. The van der Waals surface area contributed by atoms with Gasteiger partial charge >= 0.3 is 0 Å². The van der Waals surface area contributed by atoms with Crippen LogP contribution in [0.5, 0.6) is 23.0 Å². The fourth-order valence-corrected chi connectivity index (χ4v) is 4.20. The summed E-state index contributed by atoms with van der Waals surface area (Å²) in [6.07, 6.45) is 0.0382. The van der Waals surface area contributed by atoms with Crippen molar-refractivity contribution in [3.05, 3.63) is 82.4 Å². The first-order chi connectivity index (χ1) is 14.5. The van der Waals surface area contributed by atoms with Crippen LogP contribution in [-0.4, -0.2) is 28.0 Å². The van der Waals surface area contributed by atoms with E-state index in [0.29, 0.717) is 22.8 Å². The highest BCUT2D eigenvalue weighted by molar-refractivity contribution is 6.30. The second kappa shape index (κ2) is 7.15. The summed E-state index contributed by atoms with van der Waals surface area (Å²) in [5.41, 5.74) is 3.12. The average Bonchev–Trinajstić information content (AvgIpc) is 3.19. The lowest BCUT2D eigenvalue weighted by molar-refractivity contribution is -0.0191. The van der Waals surface area contributed by atoms with Gasteiger partial charge in [-0.25, -0.2) is 5.01 Å². The van der Waals surface area contributed by atoms with E-state index in [1.54, 1.807) is 30.3 Å². The van der Waals surface area contributed by atoms with E-state index in [1.807, 2.05) is 35.3 Å². The third-order valence-corrected chi connectivity index (χ3v) is 5.69. The smallest absolute Gasteiger partial charge is 0.214 e. The number of ether oxygens (including phenoxy) is 2. The maximum atomic E-state index is 10.3. The molecule has 0 aliphatic carbocycles. The fourth-order valence-electron chi connectivity index (χ4n) is 4.02. The van der Waals surface area contributed by atoms with Crippen LogP contribution in [0.1, 0.15) is 35.4 Å². The summed E-state index contributed by atoms with van der Waals surface area (Å²) < 4.78 is 11.4. The Hall–Kier alpha value is -3.38. The maximum Gasteiger partial charge on any atom is 0.214 e. The van der Waals surface area contributed by atoms with Gasteiger partial charge < -0.3 is 19.7 Å². The van der Waals surface area contributed by atoms with Crippen LogP contribution in [0.2, 0.25) is 5.02 Å². The summed E-state index contributed by atoms with van der Waals surface area (Å²) in [5, 5.41) is 27.9. The first-order valence-electron chi connectivity index (χ1n) is 9.52. The van der Waals surface area contributed by atoms with Crippen LogP contribution in [-0.2, 0) is 0 Å². The van der Waals surface area contributed by atoms with Gasteiger partial charge in [0.25, 0.3) is 0 Å². The minimum Gasteiger partial charge on any atom is -0.507 e. The molecule has 0 spiro atoms. The molecular formula is C23H19ClN2O4. The zero-order chi connectivity index (χ0) is 20.8. The molecule has 3 aromatic carbocycles. The summed E-state index contributed by atoms with van der Waals surface area (Å²) in [7, 11) is 1.51. The number of halogens is 1. The molecule has 2 atom stereocenters. The van der Waals surface area contributed by atoms with Crippen LogP contribution in [0.25, 0.3) is 0 Å². The second-order valence-corrected chi connectivity index (χ2v) is 7.68. The maximum absolute atomic E-state index is 10.3. The molecule has 2 N–H and O–H groups in total. The van der Waals surface area contributed by atoms with Crippen molar-refractivity contribution in [1.29, 1.82) is 0 Å². The van der Waals surface area contributed by atoms with E-state index in [0.717, 1.165) is 22.6 Å². The fraction of sp³-hybridized carbons (Fsp3) is 0.174. The number of fused-ring (bicyclic) bond motifs is 3. The number of hydrogen-bond acceptors (Lipinski definition) is 6. The molecule has 30 heavy (non-hydrogen) atoms. The minimum absolute atomic E-state index is 0.0288. The highest BCUT2D eigenvalue weighted by Crippen LogP contribution is 2.49. The third-order valence-electron chi connectivity index (χ3n) is 5.45. The van der Waals surface area contributed by atoms with Crippen molar-refractivity contribution < 1.29 is 19.7 Å². The molecule has 5 rings (SSSR count). The topological polar surface area (TPSA) is 74.5 Å². The predicted octanol–water partition coefficient (Wildman–Crippen LogP) is 5.00. The van der Waals surface area contributed by atoms with Crippen LogP contribution in [0.3, 0.4) is 0 Å². The molecule has 152 valence electrons. The number of nitrogens with zero attached hydrogens (tertiary/aromatic N) is 2. The lowest BCUT2D eigenvalue weighted by atomic mass is 9.95. The van der Waals surface area contributed by atoms with Crippen LogP contribution < -0.4 is 9.47 Å². The van der Waals surface area contributed by atoms with Crippen molar-refractivity contribution in [2.75, 3.05) is 7.11 Å². The molecule has 3 aromatic rings. The average molecular weight is 423 g/mol. The standard InChI is InChI=1S/C23H19ClN2O4/c1-29-22-8-6-13(10-20(22)28)23-26-18(16-11-14(24)7-9-21(16)30-23)12-17(25-26)15-4-2-3-5-19(15)27/h2-11,18,23,27-28H,12H2,1H3/t18-,23+/m1/s1. The van der Waals surface area contributed by atoms with Gasteiger partial charge in [0.05, 0.1) is 18.9 Å². The molecule has 0 unspecified atom stereocenters. The predicted molar refractivity (Wildman–Crippen MR) is 113 cm³/mol. The lowest BCUT2D eigenvalue weighted by Crippen LogP contribution is -2.33. The number of phenolic OH excluding ortho intramolecular Hbond substituents is 2. The molecule has 0 radical (unpaired) electrons. The highest BCUT2D eigenvalue weighted by atomic mass is 35.5. The van der Waals surface area contributed by atoms with E-state index in [-0.39, 0.29) is 17.5 Å². The van der Waals surface area contributed by atoms with Crippen molar-refractivity contribution in [3.8, 4) is 23.0 Å². The number of rotatable bonds is 3. The molecule has 2 aliphatic heterocycles. The second-order valence-electron chi connectivity index (χ2n) is 7.25. The van der Waals surface area contributed by atoms with Gasteiger partial charge in [-0.05, 0) is 48.5 Å². The zero-order valence-electron chi connectivity index (χ0n) is 16.1. The monoisotopic (exact) mass is 422 g/mol. The first kappa shape index (κ1) is 18.6. The first-order valence-corrected chi connectivity index (χ1v) is 9.90. The number of methoxy groups -OCH3 is 1. The van der Waals surface area contributed by atoms with E-state index < -0.39 is 6.23 Å². The van der Waals surface area contributed by atoms with Crippen molar-refractivity contribution in [2.45, 2.75) is 18.7 Å².